The molecule has 1 aromatic carbocycles. The van der Waals surface area contributed by atoms with E-state index in [0.29, 0.717) is 6.54 Å². The topological polar surface area (TPSA) is 26.0 Å². The Kier molecular flexibility index (Phi) is 5.23. The maximum absolute atomic E-state index is 13.2. The van der Waals surface area contributed by atoms with E-state index in [9.17, 15) is 4.39 Å². The standard InChI is InChI=1S/C16H23ClFN/c17-14-10-13(6-7-15(14)18)11-16(12-19)8-4-2-1-3-5-9-16/h6-7,10H,1-5,8-9,11-12,19H2. The highest BCUT2D eigenvalue weighted by molar-refractivity contribution is 6.30. The molecule has 0 heterocycles. The quantitative estimate of drug-likeness (QED) is 0.854. The van der Waals surface area contributed by atoms with Crippen molar-refractivity contribution in [1.82, 2.24) is 0 Å². The Hall–Kier alpha value is -0.600. The van der Waals surface area contributed by atoms with Crippen molar-refractivity contribution in [2.24, 2.45) is 11.1 Å². The second kappa shape index (κ2) is 6.71. The minimum Gasteiger partial charge on any atom is -0.330 e. The first-order valence-electron chi connectivity index (χ1n) is 7.29. The predicted octanol–water partition coefficient (Wildman–Crippen LogP) is 4.71. The van der Waals surface area contributed by atoms with E-state index >= 15 is 0 Å². The summed E-state index contributed by atoms with van der Waals surface area (Å²) in [5.41, 5.74) is 7.36. The minimum absolute atomic E-state index is 0.182. The summed E-state index contributed by atoms with van der Waals surface area (Å²) in [5.74, 6) is -0.343. The molecule has 0 saturated heterocycles. The van der Waals surface area contributed by atoms with Crippen molar-refractivity contribution < 1.29 is 4.39 Å². The van der Waals surface area contributed by atoms with Crippen LogP contribution in [0, 0.1) is 11.2 Å². The third kappa shape index (κ3) is 3.93. The maximum atomic E-state index is 13.2. The number of hydrogen-bond donors (Lipinski definition) is 1. The number of nitrogens with two attached hydrogens (primary N) is 1. The van der Waals surface area contributed by atoms with Gasteiger partial charge in [-0.1, -0.05) is 49.8 Å². The lowest BCUT2D eigenvalue weighted by atomic mass is 9.72. The summed E-state index contributed by atoms with van der Waals surface area (Å²) in [7, 11) is 0. The summed E-state index contributed by atoms with van der Waals surface area (Å²) in [6.45, 7) is 0.710. The zero-order valence-electron chi connectivity index (χ0n) is 11.4. The van der Waals surface area contributed by atoms with Gasteiger partial charge in [0.15, 0.2) is 0 Å². The molecule has 19 heavy (non-hydrogen) atoms. The SMILES string of the molecule is NCC1(Cc2ccc(F)c(Cl)c2)CCCCCCC1. The van der Waals surface area contributed by atoms with Crippen molar-refractivity contribution in [3.8, 4) is 0 Å². The van der Waals surface area contributed by atoms with Crippen LogP contribution in [0.4, 0.5) is 4.39 Å². The molecule has 2 N–H and O–H groups in total. The first kappa shape index (κ1) is 14.8. The molecule has 0 atom stereocenters. The van der Waals surface area contributed by atoms with Gasteiger partial charge in [0, 0.05) is 0 Å². The van der Waals surface area contributed by atoms with Crippen LogP contribution in [-0.4, -0.2) is 6.54 Å². The molecule has 1 aromatic rings. The van der Waals surface area contributed by atoms with Crippen LogP contribution < -0.4 is 5.73 Å². The van der Waals surface area contributed by atoms with Crippen LogP contribution in [0.15, 0.2) is 18.2 Å². The van der Waals surface area contributed by atoms with Crippen LogP contribution in [0.2, 0.25) is 5.02 Å². The molecule has 0 radical (unpaired) electrons. The van der Waals surface area contributed by atoms with Crippen LogP contribution in [0.25, 0.3) is 0 Å². The summed E-state index contributed by atoms with van der Waals surface area (Å²) in [4.78, 5) is 0. The monoisotopic (exact) mass is 283 g/mol. The number of hydrogen-bond acceptors (Lipinski definition) is 1. The fraction of sp³-hybridized carbons (Fsp3) is 0.625. The Morgan fingerprint density at radius 1 is 1.11 bits per heavy atom. The third-order valence-electron chi connectivity index (χ3n) is 4.41. The van der Waals surface area contributed by atoms with Crippen LogP contribution >= 0.6 is 11.6 Å². The summed E-state index contributed by atoms with van der Waals surface area (Å²) in [5, 5.41) is 0.218. The number of rotatable bonds is 3. The lowest BCUT2D eigenvalue weighted by molar-refractivity contribution is 0.217. The van der Waals surface area contributed by atoms with E-state index < -0.39 is 0 Å². The lowest BCUT2D eigenvalue weighted by Crippen LogP contribution is -2.33. The van der Waals surface area contributed by atoms with Crippen molar-refractivity contribution in [3.05, 3.63) is 34.6 Å². The molecule has 3 heteroatoms. The highest BCUT2D eigenvalue weighted by atomic mass is 35.5. The largest absolute Gasteiger partial charge is 0.330 e. The average molecular weight is 284 g/mol. The highest BCUT2D eigenvalue weighted by Gasteiger charge is 2.29. The van der Waals surface area contributed by atoms with E-state index in [1.54, 1.807) is 6.07 Å². The Bertz CT molecular complexity index is 411. The van der Waals surface area contributed by atoms with Gasteiger partial charge in [-0.15, -0.1) is 0 Å². The van der Waals surface area contributed by atoms with Gasteiger partial charge < -0.3 is 5.73 Å². The lowest BCUT2D eigenvalue weighted by Gasteiger charge is -2.34. The van der Waals surface area contributed by atoms with Gasteiger partial charge in [-0.2, -0.15) is 0 Å². The molecule has 1 aliphatic rings. The van der Waals surface area contributed by atoms with Crippen LogP contribution in [-0.2, 0) is 6.42 Å². The molecule has 0 unspecified atom stereocenters. The smallest absolute Gasteiger partial charge is 0.141 e. The van der Waals surface area contributed by atoms with E-state index in [1.165, 1.54) is 51.0 Å². The molecule has 1 fully saturated rings. The minimum atomic E-state index is -0.343. The average Bonchev–Trinajstić information content (AvgIpc) is 2.37. The predicted molar refractivity (Wildman–Crippen MR) is 78.9 cm³/mol. The summed E-state index contributed by atoms with van der Waals surface area (Å²) in [6, 6.07) is 5.06. The second-order valence-electron chi connectivity index (χ2n) is 5.90. The van der Waals surface area contributed by atoms with Crippen LogP contribution in [0.1, 0.15) is 50.5 Å². The second-order valence-corrected chi connectivity index (χ2v) is 6.30. The zero-order chi connectivity index (χ0) is 13.7. The summed E-state index contributed by atoms with van der Waals surface area (Å²) < 4.78 is 13.2. The van der Waals surface area contributed by atoms with E-state index in [0.717, 1.165) is 12.0 Å². The van der Waals surface area contributed by atoms with Crippen LogP contribution in [0.3, 0.4) is 0 Å². The van der Waals surface area contributed by atoms with E-state index in [4.69, 9.17) is 17.3 Å². The summed E-state index contributed by atoms with van der Waals surface area (Å²) >= 11 is 5.87. The van der Waals surface area contributed by atoms with Gasteiger partial charge in [-0.05, 0) is 48.9 Å². The van der Waals surface area contributed by atoms with Crippen LogP contribution in [0.5, 0.6) is 0 Å². The summed E-state index contributed by atoms with van der Waals surface area (Å²) in [6.07, 6.45) is 9.76. The molecule has 106 valence electrons. The zero-order valence-corrected chi connectivity index (χ0v) is 12.2. The highest BCUT2D eigenvalue weighted by Crippen LogP contribution is 2.37. The van der Waals surface area contributed by atoms with Gasteiger partial charge in [0.1, 0.15) is 5.82 Å². The molecule has 0 aliphatic heterocycles. The fourth-order valence-corrected chi connectivity index (χ4v) is 3.39. The normalized spacial score (nSPS) is 19.7. The van der Waals surface area contributed by atoms with Gasteiger partial charge in [-0.25, -0.2) is 4.39 Å². The van der Waals surface area contributed by atoms with Crippen molar-refractivity contribution in [2.75, 3.05) is 6.54 Å². The Balaban J connectivity index is 2.13. The molecule has 2 rings (SSSR count). The van der Waals surface area contributed by atoms with Crippen molar-refractivity contribution >= 4 is 11.6 Å². The van der Waals surface area contributed by atoms with Gasteiger partial charge >= 0.3 is 0 Å². The van der Waals surface area contributed by atoms with Crippen molar-refractivity contribution in [1.29, 1.82) is 0 Å². The third-order valence-corrected chi connectivity index (χ3v) is 4.70. The molecule has 1 saturated carbocycles. The van der Waals surface area contributed by atoms with Crippen molar-refractivity contribution in [2.45, 2.75) is 51.4 Å². The van der Waals surface area contributed by atoms with Crippen molar-refractivity contribution in [3.63, 3.8) is 0 Å². The number of halogens is 2. The van der Waals surface area contributed by atoms with Gasteiger partial charge in [-0.3, -0.25) is 0 Å². The molecule has 0 aromatic heterocycles. The molecular formula is C16H23ClFN. The van der Waals surface area contributed by atoms with E-state index in [2.05, 4.69) is 0 Å². The number of benzene rings is 1. The van der Waals surface area contributed by atoms with Gasteiger partial charge in [0.25, 0.3) is 0 Å². The molecular weight excluding hydrogens is 261 g/mol. The molecule has 1 aliphatic carbocycles. The maximum Gasteiger partial charge on any atom is 0.141 e. The fourth-order valence-electron chi connectivity index (χ4n) is 3.19. The molecule has 0 bridgehead atoms. The molecule has 0 spiro atoms. The molecule has 0 amide bonds. The first-order chi connectivity index (χ1) is 9.15. The molecule has 1 nitrogen and oxygen atoms in total. The van der Waals surface area contributed by atoms with E-state index in [-0.39, 0.29) is 16.3 Å². The first-order valence-corrected chi connectivity index (χ1v) is 7.67. The Labute approximate surface area is 120 Å². The van der Waals surface area contributed by atoms with E-state index in [1.807, 2.05) is 6.07 Å². The Morgan fingerprint density at radius 3 is 2.32 bits per heavy atom. The van der Waals surface area contributed by atoms with Gasteiger partial charge in [0.2, 0.25) is 0 Å². The Morgan fingerprint density at radius 2 is 1.74 bits per heavy atom. The van der Waals surface area contributed by atoms with Gasteiger partial charge in [0.05, 0.1) is 5.02 Å².